The molecule has 2 heteroatoms. The first-order valence-electron chi connectivity index (χ1n) is 5.58. The summed E-state index contributed by atoms with van der Waals surface area (Å²) in [6.07, 6.45) is 5.78. The van der Waals surface area contributed by atoms with Crippen LogP contribution >= 0.6 is 0 Å². The third kappa shape index (κ3) is 5.40. The van der Waals surface area contributed by atoms with Crippen LogP contribution in [0, 0.1) is 5.92 Å². The minimum absolute atomic E-state index is 0.692. The van der Waals surface area contributed by atoms with Crippen molar-refractivity contribution >= 4 is 0 Å². The molecule has 0 aliphatic carbocycles. The lowest BCUT2D eigenvalue weighted by molar-refractivity contribution is 0.180. The van der Waals surface area contributed by atoms with Gasteiger partial charge in [-0.15, -0.1) is 0 Å². The van der Waals surface area contributed by atoms with E-state index < -0.39 is 0 Å². The molecule has 0 fully saturated rings. The Morgan fingerprint density at radius 3 is 2.57 bits per heavy atom. The van der Waals surface area contributed by atoms with E-state index in [-0.39, 0.29) is 0 Å². The average molecular weight is 199 g/mol. The Kier molecular flexibility index (Phi) is 9.00. The molecule has 14 heavy (non-hydrogen) atoms. The van der Waals surface area contributed by atoms with Crippen molar-refractivity contribution in [3.63, 3.8) is 0 Å². The lowest BCUT2D eigenvalue weighted by Gasteiger charge is -2.19. The molecule has 1 unspecified atom stereocenters. The van der Waals surface area contributed by atoms with E-state index in [0.29, 0.717) is 5.92 Å². The highest BCUT2D eigenvalue weighted by molar-refractivity contribution is 5.04. The van der Waals surface area contributed by atoms with E-state index in [1.165, 1.54) is 6.42 Å². The van der Waals surface area contributed by atoms with E-state index in [1.807, 2.05) is 7.05 Å². The zero-order valence-electron chi connectivity index (χ0n) is 10.1. The average Bonchev–Trinajstić information content (AvgIpc) is 2.22. The molecule has 0 aromatic rings. The van der Waals surface area contributed by atoms with Crippen LogP contribution in [-0.4, -0.2) is 27.3 Å². The molecular weight excluding hydrogens is 174 g/mol. The largest absolute Gasteiger partial charge is 0.385 e. The Morgan fingerprint density at radius 2 is 2.14 bits per heavy atom. The summed E-state index contributed by atoms with van der Waals surface area (Å²) in [5, 5.41) is 3.21. The predicted molar refractivity (Wildman–Crippen MR) is 62.6 cm³/mol. The molecule has 84 valence electrons. The first-order valence-corrected chi connectivity index (χ1v) is 5.58. The molecule has 0 saturated heterocycles. The number of allylic oxidation sites excluding steroid dienone is 2. The van der Waals surface area contributed by atoms with E-state index in [1.54, 1.807) is 12.7 Å². The second-order valence-corrected chi connectivity index (χ2v) is 3.59. The van der Waals surface area contributed by atoms with Gasteiger partial charge in [0.15, 0.2) is 0 Å². The van der Waals surface area contributed by atoms with Crippen molar-refractivity contribution in [2.75, 3.05) is 27.3 Å². The maximum Gasteiger partial charge on any atom is 0.0467 e. The van der Waals surface area contributed by atoms with Crippen molar-refractivity contribution in [1.82, 2.24) is 5.32 Å². The van der Waals surface area contributed by atoms with Crippen molar-refractivity contribution in [1.29, 1.82) is 0 Å². The van der Waals surface area contributed by atoms with Crippen LogP contribution in [0.1, 0.15) is 33.1 Å². The Morgan fingerprint density at radius 1 is 1.43 bits per heavy atom. The van der Waals surface area contributed by atoms with Crippen LogP contribution in [0.5, 0.6) is 0 Å². The van der Waals surface area contributed by atoms with Gasteiger partial charge in [0.05, 0.1) is 0 Å². The van der Waals surface area contributed by atoms with Gasteiger partial charge in [-0.25, -0.2) is 0 Å². The molecule has 1 N–H and O–H groups in total. The molecule has 0 heterocycles. The summed E-state index contributed by atoms with van der Waals surface area (Å²) in [6.45, 7) is 6.32. The van der Waals surface area contributed by atoms with Crippen molar-refractivity contribution in [2.45, 2.75) is 33.1 Å². The third-order valence-corrected chi connectivity index (χ3v) is 2.72. The summed E-state index contributed by atoms with van der Waals surface area (Å²) in [6, 6.07) is 0. The van der Waals surface area contributed by atoms with Crippen LogP contribution in [0.25, 0.3) is 0 Å². The molecule has 0 aliphatic heterocycles. The van der Waals surface area contributed by atoms with Crippen LogP contribution < -0.4 is 5.32 Å². The quantitative estimate of drug-likeness (QED) is 0.607. The van der Waals surface area contributed by atoms with Gasteiger partial charge in [-0.2, -0.15) is 0 Å². The van der Waals surface area contributed by atoms with Gasteiger partial charge in [0, 0.05) is 13.7 Å². The van der Waals surface area contributed by atoms with Gasteiger partial charge in [0.2, 0.25) is 0 Å². The van der Waals surface area contributed by atoms with E-state index in [0.717, 1.165) is 26.0 Å². The Balaban J connectivity index is 4.07. The predicted octanol–water partition coefficient (Wildman–Crippen LogP) is 2.60. The fraction of sp³-hybridized carbons (Fsp3) is 0.833. The summed E-state index contributed by atoms with van der Waals surface area (Å²) in [5.74, 6) is 0.692. The first kappa shape index (κ1) is 13.7. The maximum absolute atomic E-state index is 5.14. The number of methoxy groups -OCH3 is 1. The van der Waals surface area contributed by atoms with Crippen molar-refractivity contribution < 1.29 is 4.74 Å². The normalized spacial score (nSPS) is 14.4. The second kappa shape index (κ2) is 9.22. The highest BCUT2D eigenvalue weighted by atomic mass is 16.5. The molecule has 0 aliphatic rings. The molecule has 0 aromatic carbocycles. The van der Waals surface area contributed by atoms with Crippen LogP contribution in [-0.2, 0) is 4.74 Å². The van der Waals surface area contributed by atoms with Gasteiger partial charge in [0.25, 0.3) is 0 Å². The zero-order chi connectivity index (χ0) is 10.8. The molecular formula is C12H25NO. The SMILES string of the molecule is CC=C(CC)C(CCNC)CCOC. The Bertz CT molecular complexity index is 146. The zero-order valence-corrected chi connectivity index (χ0v) is 10.1. The van der Waals surface area contributed by atoms with Gasteiger partial charge in [-0.1, -0.05) is 18.6 Å². The monoisotopic (exact) mass is 199 g/mol. The highest BCUT2D eigenvalue weighted by Crippen LogP contribution is 2.21. The van der Waals surface area contributed by atoms with Crippen molar-refractivity contribution in [3.05, 3.63) is 11.6 Å². The Labute approximate surface area is 88.7 Å². The number of nitrogens with one attached hydrogen (secondary N) is 1. The summed E-state index contributed by atoms with van der Waals surface area (Å²) < 4.78 is 5.14. The van der Waals surface area contributed by atoms with Gasteiger partial charge >= 0.3 is 0 Å². The van der Waals surface area contributed by atoms with Crippen LogP contribution in [0.2, 0.25) is 0 Å². The number of hydrogen-bond acceptors (Lipinski definition) is 2. The Hall–Kier alpha value is -0.340. The lowest BCUT2D eigenvalue weighted by Crippen LogP contribution is -2.16. The summed E-state index contributed by atoms with van der Waals surface area (Å²) in [7, 11) is 3.78. The van der Waals surface area contributed by atoms with Crippen LogP contribution in [0.3, 0.4) is 0 Å². The highest BCUT2D eigenvalue weighted by Gasteiger charge is 2.11. The standard InChI is InChI=1S/C12H25NO/c1-5-11(6-2)12(7-9-13-3)8-10-14-4/h5,12-13H,6-10H2,1-4H3. The molecule has 0 radical (unpaired) electrons. The van der Waals surface area contributed by atoms with E-state index >= 15 is 0 Å². The molecule has 0 saturated carbocycles. The van der Waals surface area contributed by atoms with Crippen molar-refractivity contribution in [2.24, 2.45) is 5.92 Å². The molecule has 0 aromatic heterocycles. The first-order chi connectivity index (χ1) is 6.79. The molecule has 0 rings (SSSR count). The summed E-state index contributed by atoms with van der Waals surface area (Å²) >= 11 is 0. The van der Waals surface area contributed by atoms with Gasteiger partial charge in [0.1, 0.15) is 0 Å². The number of ether oxygens (including phenoxy) is 1. The fourth-order valence-corrected chi connectivity index (χ4v) is 1.82. The minimum atomic E-state index is 0.692. The minimum Gasteiger partial charge on any atom is -0.385 e. The van der Waals surface area contributed by atoms with Crippen LogP contribution in [0.4, 0.5) is 0 Å². The molecule has 0 amide bonds. The fourth-order valence-electron chi connectivity index (χ4n) is 1.82. The van der Waals surface area contributed by atoms with Gasteiger partial charge in [-0.05, 0) is 45.7 Å². The third-order valence-electron chi connectivity index (χ3n) is 2.72. The molecule has 0 bridgehead atoms. The summed E-state index contributed by atoms with van der Waals surface area (Å²) in [5.41, 5.74) is 1.57. The topological polar surface area (TPSA) is 21.3 Å². The van der Waals surface area contributed by atoms with Gasteiger partial charge < -0.3 is 10.1 Å². The molecule has 2 nitrogen and oxygen atoms in total. The smallest absolute Gasteiger partial charge is 0.0467 e. The number of rotatable bonds is 8. The maximum atomic E-state index is 5.14. The second-order valence-electron chi connectivity index (χ2n) is 3.59. The molecule has 0 spiro atoms. The van der Waals surface area contributed by atoms with E-state index in [9.17, 15) is 0 Å². The molecule has 1 atom stereocenters. The summed E-state index contributed by atoms with van der Waals surface area (Å²) in [4.78, 5) is 0. The lowest BCUT2D eigenvalue weighted by atomic mass is 9.90. The number of hydrogen-bond donors (Lipinski definition) is 1. The van der Waals surface area contributed by atoms with E-state index in [2.05, 4.69) is 25.2 Å². The van der Waals surface area contributed by atoms with E-state index in [4.69, 9.17) is 4.74 Å². The van der Waals surface area contributed by atoms with Gasteiger partial charge in [-0.3, -0.25) is 0 Å². The van der Waals surface area contributed by atoms with Crippen LogP contribution in [0.15, 0.2) is 11.6 Å². The van der Waals surface area contributed by atoms with Crippen molar-refractivity contribution in [3.8, 4) is 0 Å².